The number of imidazole rings is 3. The molecule has 0 spiro atoms. The van der Waals surface area contributed by atoms with E-state index in [0.29, 0.717) is 0 Å². The number of nitrogens with two attached hydrogens (primary N) is 3. The number of nitrogens with zero attached hydrogens (tertiary/aromatic N) is 10. The van der Waals surface area contributed by atoms with Crippen molar-refractivity contribution >= 4 is 93.2 Å². The van der Waals surface area contributed by atoms with Gasteiger partial charge in [0.05, 0.1) is 45.6 Å². The van der Waals surface area contributed by atoms with Crippen LogP contribution in [0.15, 0.2) is 34.9 Å². The molecule has 43 heteroatoms. The van der Waals surface area contributed by atoms with E-state index >= 15 is 4.39 Å². The summed E-state index contributed by atoms with van der Waals surface area (Å²) in [5, 5.41) is 32.9. The molecule has 422 valence electrons. The lowest BCUT2D eigenvalue weighted by molar-refractivity contribution is -0.745. The summed E-state index contributed by atoms with van der Waals surface area (Å²) in [7, 11) is -16.6. The molecule has 0 aromatic carbocycles. The average molecular weight is 1190 g/mol. The molecular weight excluding hydrogens is 1150 g/mol. The van der Waals surface area contributed by atoms with Crippen LogP contribution in [-0.2, 0) is 78.2 Å². The Kier molecular flexibility index (Phi) is 15.8. The lowest BCUT2D eigenvalue weighted by atomic mass is 10.1. The van der Waals surface area contributed by atoms with Crippen LogP contribution in [-0.4, -0.2) is 169 Å². The standard InChI is InChI=1S/C34H46FN15O22P4S/c1-11(2)66-23-14(69-32(21(23)53)49-9-42-17-26(49)43-33(37)45-28(17)54)6-65-76(62,77)70-22-13(68-30(15(22)35)48-8-41-16-24(36)39-7-40-25(16)48)5-64-74(58,59)72-75(60,61)71-73(56,57)63-4-12-19(51)20(52)31(67-12)50-10-47(3)18-27(50)44-34(38)46-29(18)55/h7-15,19-23,30-32,51-53H,4-6H2,1-3H3,(H11-,36,37,38,39,40,43,44,45,46,54,55,56,57,58,59,60,61,62,77)/p+1/t12-,13-,14-,15?,19+,20?,21?,22+,23+,30-,31-,32-,76?/m1/s1. The number of nitrogens with one attached hydrogen (secondary N) is 2. The molecule has 0 radical (unpaired) electrons. The predicted octanol–water partition coefficient (Wildman–Crippen LogP) is -2.84. The number of anilines is 3. The largest absolute Gasteiger partial charge is 0.490 e. The maximum absolute atomic E-state index is 16.8. The van der Waals surface area contributed by atoms with Crippen molar-refractivity contribution in [3.05, 3.63) is 46.0 Å². The van der Waals surface area contributed by atoms with Crippen molar-refractivity contribution in [1.82, 2.24) is 53.6 Å². The highest BCUT2D eigenvalue weighted by Crippen LogP contribution is 2.68. The average Bonchev–Trinajstić information content (AvgIpc) is 4.21. The number of rotatable bonds is 20. The van der Waals surface area contributed by atoms with Gasteiger partial charge >= 0.3 is 35.8 Å². The number of halogens is 1. The van der Waals surface area contributed by atoms with Gasteiger partial charge in [0, 0.05) is 0 Å². The van der Waals surface area contributed by atoms with Gasteiger partial charge in [-0.3, -0.25) is 46.8 Å². The fourth-order valence-electron chi connectivity index (χ4n) is 8.49. The van der Waals surface area contributed by atoms with E-state index in [2.05, 4.69) is 48.5 Å². The van der Waals surface area contributed by atoms with Crippen LogP contribution in [0.25, 0.3) is 33.5 Å². The van der Waals surface area contributed by atoms with Crippen LogP contribution in [0.3, 0.4) is 0 Å². The van der Waals surface area contributed by atoms with Crippen molar-refractivity contribution in [3.63, 3.8) is 0 Å². The third-order valence-electron chi connectivity index (χ3n) is 11.7. The molecule has 6 aromatic rings. The van der Waals surface area contributed by atoms with E-state index in [1.807, 2.05) is 0 Å². The summed E-state index contributed by atoms with van der Waals surface area (Å²) in [5.74, 6) is -0.714. The van der Waals surface area contributed by atoms with Crippen LogP contribution < -0.4 is 32.9 Å². The van der Waals surface area contributed by atoms with Gasteiger partial charge in [-0.1, -0.05) is 4.98 Å². The van der Waals surface area contributed by atoms with Gasteiger partial charge in [-0.2, -0.15) is 13.6 Å². The zero-order valence-electron chi connectivity index (χ0n) is 39.5. The first-order valence-corrected chi connectivity index (χ1v) is 29.2. The van der Waals surface area contributed by atoms with E-state index in [1.54, 1.807) is 13.8 Å². The number of hydrogen-bond acceptors (Lipinski definition) is 28. The lowest BCUT2D eigenvalue weighted by Crippen LogP contribution is -2.46. The van der Waals surface area contributed by atoms with E-state index in [9.17, 15) is 58.2 Å². The lowest BCUT2D eigenvalue weighted by Gasteiger charge is -2.27. The third kappa shape index (κ3) is 11.8. The zero-order valence-corrected chi connectivity index (χ0v) is 43.9. The fraction of sp³-hybridized carbons (Fsp3) is 0.559. The van der Waals surface area contributed by atoms with E-state index < -0.39 is 141 Å². The summed E-state index contributed by atoms with van der Waals surface area (Å²) in [4.78, 5) is 96.3. The number of ether oxygens (including phenoxy) is 4. The molecule has 9 heterocycles. The second-order valence-corrected chi connectivity index (χ2v) is 24.8. The Labute approximate surface area is 432 Å². The minimum absolute atomic E-state index is 0.0193. The maximum atomic E-state index is 16.8. The van der Waals surface area contributed by atoms with Gasteiger partial charge in [-0.25, -0.2) is 42.6 Å². The minimum Gasteiger partial charge on any atom is -0.387 e. The number of nitrogen functional groups attached to an aromatic ring is 3. The van der Waals surface area contributed by atoms with Crippen LogP contribution in [0, 0.1) is 0 Å². The number of phosphoric ester groups is 2. The van der Waals surface area contributed by atoms with Crippen molar-refractivity contribution in [2.24, 2.45) is 7.05 Å². The summed E-state index contributed by atoms with van der Waals surface area (Å²) in [6.45, 7) is -4.67. The molecule has 3 aliphatic heterocycles. The van der Waals surface area contributed by atoms with Gasteiger partial charge in [0.1, 0.15) is 60.7 Å². The van der Waals surface area contributed by atoms with Crippen LogP contribution in [0.5, 0.6) is 0 Å². The van der Waals surface area contributed by atoms with Crippen molar-refractivity contribution in [3.8, 4) is 0 Å². The van der Waals surface area contributed by atoms with E-state index in [1.165, 1.54) is 22.5 Å². The molecule has 0 aliphatic carbocycles. The number of aromatic nitrogens is 12. The molecule has 37 nitrogen and oxygen atoms in total. The Bertz CT molecular complexity index is 3540. The number of aryl methyl sites for hydroxylation is 1. The summed E-state index contributed by atoms with van der Waals surface area (Å²) >= 11 is 5.25. The second-order valence-electron chi connectivity index (χ2n) is 17.4. The Morgan fingerprint density at radius 1 is 0.753 bits per heavy atom. The highest BCUT2D eigenvalue weighted by molar-refractivity contribution is 8.07. The molecule has 7 unspecified atom stereocenters. The van der Waals surface area contributed by atoms with E-state index in [4.69, 9.17) is 66.1 Å². The zero-order chi connectivity index (χ0) is 55.8. The SMILES string of the molecule is CC(C)O[C@@H]1C(O)[C@H](n2cnc3c(=O)[nH]c(N)nc32)O[C@@H]1COP(O)(=S)O[C@@H]1C(F)[C@H](n2cnc3c(N)ncnc32)O[C@@H]1COP(=O)(O)OP(=O)(O)OP(=O)(O)OC[C@H]1O[C@@H]([n+]2cn(C)c3c(=O)[nH]c(N)nc32)C(O)[C@H]1O. The van der Waals surface area contributed by atoms with Gasteiger partial charge < -0.3 is 75.6 Å². The molecular formula is C34H47FN15O22P4S+. The Morgan fingerprint density at radius 3 is 2.01 bits per heavy atom. The predicted molar refractivity (Wildman–Crippen MR) is 254 cm³/mol. The van der Waals surface area contributed by atoms with Gasteiger partial charge in [0.15, 0.2) is 47.6 Å². The maximum Gasteiger partial charge on any atom is 0.490 e. The van der Waals surface area contributed by atoms with Gasteiger partial charge in [0.25, 0.3) is 17.1 Å². The summed E-state index contributed by atoms with van der Waals surface area (Å²) in [5.41, 5.74) is 15.5. The normalized spacial score (nSPS) is 30.1. The highest BCUT2D eigenvalue weighted by Gasteiger charge is 2.53. The summed E-state index contributed by atoms with van der Waals surface area (Å²) in [6.07, 6.45) is -16.7. The first kappa shape index (κ1) is 56.9. The number of H-pyrrole nitrogens is 2. The topological polar surface area (TPSA) is 525 Å². The Balaban J connectivity index is 0.867. The van der Waals surface area contributed by atoms with Crippen LogP contribution >= 0.6 is 30.2 Å². The first-order chi connectivity index (χ1) is 36.0. The molecule has 15 N–H and O–H groups in total. The van der Waals surface area contributed by atoms with Crippen molar-refractivity contribution in [2.45, 2.75) is 93.6 Å². The second kappa shape index (κ2) is 21.4. The van der Waals surface area contributed by atoms with Crippen LogP contribution in [0.2, 0.25) is 0 Å². The molecule has 77 heavy (non-hydrogen) atoms. The van der Waals surface area contributed by atoms with Gasteiger partial charge in [-0.05, 0) is 25.7 Å². The number of alkyl halides is 1. The molecule has 9 rings (SSSR count). The summed E-state index contributed by atoms with van der Waals surface area (Å²) in [6, 6.07) is 0. The van der Waals surface area contributed by atoms with Crippen LogP contribution in [0.4, 0.5) is 22.1 Å². The minimum atomic E-state index is -6.21. The third-order valence-corrected chi connectivity index (χ3v) is 17.5. The highest BCUT2D eigenvalue weighted by atomic mass is 32.5. The van der Waals surface area contributed by atoms with Crippen LogP contribution in [0.1, 0.15) is 32.5 Å². The van der Waals surface area contributed by atoms with Gasteiger partial charge in [-0.15, -0.1) is 0 Å². The number of fused-ring (bicyclic) bond motifs is 3. The number of hydrogen-bond donors (Lipinski definition) is 12. The number of phosphoric acid groups is 3. The molecule has 3 fully saturated rings. The monoisotopic (exact) mass is 1190 g/mol. The quantitative estimate of drug-likeness (QED) is 0.0271. The van der Waals surface area contributed by atoms with Gasteiger partial charge in [0.2, 0.25) is 17.7 Å². The first-order valence-electron chi connectivity index (χ1n) is 22.1. The molecule has 6 aromatic heterocycles. The van der Waals surface area contributed by atoms with E-state index in [0.717, 1.165) is 28.1 Å². The number of aliphatic hydroxyl groups excluding tert-OH is 3. The molecule has 3 aliphatic rings. The fourth-order valence-corrected chi connectivity index (χ4v) is 13.4. The van der Waals surface area contributed by atoms with E-state index in [-0.39, 0.29) is 51.2 Å². The molecule has 3 saturated heterocycles. The summed E-state index contributed by atoms with van der Waals surface area (Å²) < 4.78 is 113. The molecule has 16 atom stereocenters. The Hall–Kier alpha value is -4.76. The molecule has 0 amide bonds. The number of aliphatic hydroxyl groups is 3. The number of aromatic amines is 2. The molecule has 0 bridgehead atoms. The van der Waals surface area contributed by atoms with Crippen molar-refractivity contribution in [1.29, 1.82) is 0 Å². The van der Waals surface area contributed by atoms with Crippen molar-refractivity contribution < 1.29 is 103 Å². The smallest absolute Gasteiger partial charge is 0.387 e. The molecule has 0 saturated carbocycles. The van der Waals surface area contributed by atoms with Crippen molar-refractivity contribution in [2.75, 3.05) is 37.0 Å². The Morgan fingerprint density at radius 2 is 1.34 bits per heavy atom.